The Bertz CT molecular complexity index is 286. The van der Waals surface area contributed by atoms with Crippen LogP contribution < -0.4 is 5.90 Å². The lowest BCUT2D eigenvalue weighted by Gasteiger charge is -2.21. The number of halogens is 1. The summed E-state index contributed by atoms with van der Waals surface area (Å²) < 4.78 is 1.08. The van der Waals surface area contributed by atoms with Gasteiger partial charge in [0.05, 0.1) is 5.60 Å². The average Bonchev–Trinajstić information content (AvgIpc) is 2.03. The zero-order valence-corrected chi connectivity index (χ0v) is 9.47. The highest BCUT2D eigenvalue weighted by molar-refractivity contribution is 9.10. The molecule has 0 saturated heterocycles. The van der Waals surface area contributed by atoms with Crippen molar-refractivity contribution in [2.75, 3.05) is 0 Å². The molecule has 0 heterocycles. The van der Waals surface area contributed by atoms with E-state index in [4.69, 9.17) is 10.7 Å². The smallest absolute Gasteiger partial charge is 0.0878 e. The van der Waals surface area contributed by atoms with Crippen LogP contribution in [0.5, 0.6) is 0 Å². The van der Waals surface area contributed by atoms with Gasteiger partial charge >= 0.3 is 0 Å². The first-order valence-electron chi connectivity index (χ1n) is 4.16. The minimum absolute atomic E-state index is 0.305. The Labute approximate surface area is 87.2 Å². The minimum atomic E-state index is -0.305. The van der Waals surface area contributed by atoms with Gasteiger partial charge in [-0.15, -0.1) is 0 Å². The molecule has 0 radical (unpaired) electrons. The van der Waals surface area contributed by atoms with Crippen molar-refractivity contribution < 1.29 is 4.84 Å². The van der Waals surface area contributed by atoms with Gasteiger partial charge in [0.2, 0.25) is 0 Å². The van der Waals surface area contributed by atoms with Crippen LogP contribution in [-0.2, 0) is 11.3 Å². The van der Waals surface area contributed by atoms with Gasteiger partial charge in [0, 0.05) is 10.9 Å². The summed E-state index contributed by atoms with van der Waals surface area (Å²) in [5.74, 6) is 5.18. The van der Waals surface area contributed by atoms with Crippen molar-refractivity contribution in [3.63, 3.8) is 0 Å². The largest absolute Gasteiger partial charge is 0.298 e. The molecule has 0 saturated carbocycles. The Hall–Kier alpha value is -0.380. The van der Waals surface area contributed by atoms with Crippen LogP contribution in [0.3, 0.4) is 0 Å². The summed E-state index contributed by atoms with van der Waals surface area (Å²) in [4.78, 5) is 4.87. The number of hydrogen-bond donors (Lipinski definition) is 1. The molecule has 72 valence electrons. The molecule has 0 spiro atoms. The van der Waals surface area contributed by atoms with Gasteiger partial charge in [0.1, 0.15) is 0 Å². The zero-order chi connectivity index (χ0) is 9.90. The van der Waals surface area contributed by atoms with Crippen LogP contribution in [0.2, 0.25) is 0 Å². The molecule has 0 fully saturated rings. The van der Waals surface area contributed by atoms with Crippen molar-refractivity contribution in [1.29, 1.82) is 0 Å². The summed E-state index contributed by atoms with van der Waals surface area (Å²) in [7, 11) is 0. The number of benzene rings is 1. The van der Waals surface area contributed by atoms with Gasteiger partial charge in [-0.05, 0) is 31.5 Å². The fourth-order valence-corrected chi connectivity index (χ4v) is 1.63. The maximum absolute atomic E-state index is 5.18. The van der Waals surface area contributed by atoms with E-state index in [-0.39, 0.29) is 5.60 Å². The lowest BCUT2D eigenvalue weighted by Crippen LogP contribution is -2.30. The van der Waals surface area contributed by atoms with Gasteiger partial charge in [0.15, 0.2) is 0 Å². The number of hydrogen-bond acceptors (Lipinski definition) is 2. The zero-order valence-electron chi connectivity index (χ0n) is 7.88. The van der Waals surface area contributed by atoms with E-state index in [9.17, 15) is 0 Å². The molecule has 0 unspecified atom stereocenters. The molecule has 0 amide bonds. The van der Waals surface area contributed by atoms with Gasteiger partial charge in [0.25, 0.3) is 0 Å². The lowest BCUT2D eigenvalue weighted by atomic mass is 9.99. The van der Waals surface area contributed by atoms with Crippen LogP contribution >= 0.6 is 15.9 Å². The Morgan fingerprint density at radius 1 is 1.46 bits per heavy atom. The number of rotatable bonds is 3. The molecule has 13 heavy (non-hydrogen) atoms. The van der Waals surface area contributed by atoms with Crippen LogP contribution in [0.15, 0.2) is 28.7 Å². The SMILES string of the molecule is CC(C)(Cc1cccc(Br)c1)ON. The minimum Gasteiger partial charge on any atom is -0.298 e. The highest BCUT2D eigenvalue weighted by Crippen LogP contribution is 2.18. The Balaban J connectivity index is 2.74. The highest BCUT2D eigenvalue weighted by atomic mass is 79.9. The van der Waals surface area contributed by atoms with Crippen LogP contribution in [-0.4, -0.2) is 5.60 Å². The summed E-state index contributed by atoms with van der Waals surface area (Å²) in [6.07, 6.45) is 0.808. The van der Waals surface area contributed by atoms with Gasteiger partial charge in [-0.3, -0.25) is 4.84 Å². The molecule has 0 atom stereocenters. The second kappa shape index (κ2) is 4.22. The molecular weight excluding hydrogens is 230 g/mol. The third-order valence-corrected chi connectivity index (χ3v) is 2.33. The van der Waals surface area contributed by atoms with E-state index in [2.05, 4.69) is 28.1 Å². The summed E-state index contributed by atoms with van der Waals surface area (Å²) in [5, 5.41) is 0. The average molecular weight is 244 g/mol. The summed E-state index contributed by atoms with van der Waals surface area (Å²) in [6.45, 7) is 3.93. The highest BCUT2D eigenvalue weighted by Gasteiger charge is 2.17. The standard InChI is InChI=1S/C10H14BrNO/c1-10(2,13-12)7-8-4-3-5-9(11)6-8/h3-6H,7,12H2,1-2H3. The van der Waals surface area contributed by atoms with Crippen LogP contribution in [0.1, 0.15) is 19.4 Å². The fraction of sp³-hybridized carbons (Fsp3) is 0.400. The maximum Gasteiger partial charge on any atom is 0.0878 e. The van der Waals surface area contributed by atoms with E-state index in [0.29, 0.717) is 0 Å². The third kappa shape index (κ3) is 3.46. The Morgan fingerprint density at radius 2 is 2.15 bits per heavy atom. The molecule has 3 heteroatoms. The van der Waals surface area contributed by atoms with Crippen molar-refractivity contribution in [1.82, 2.24) is 0 Å². The van der Waals surface area contributed by atoms with Gasteiger partial charge in [-0.1, -0.05) is 28.1 Å². The maximum atomic E-state index is 5.18. The van der Waals surface area contributed by atoms with Crippen LogP contribution in [0, 0.1) is 0 Å². The quantitative estimate of drug-likeness (QED) is 0.829. The molecule has 0 aromatic heterocycles. The van der Waals surface area contributed by atoms with Crippen molar-refractivity contribution in [3.8, 4) is 0 Å². The molecule has 0 bridgehead atoms. The Kier molecular flexibility index (Phi) is 3.47. The molecule has 0 aliphatic heterocycles. The van der Waals surface area contributed by atoms with Gasteiger partial charge in [-0.2, -0.15) is 0 Å². The summed E-state index contributed by atoms with van der Waals surface area (Å²) in [6, 6.07) is 8.14. The van der Waals surface area contributed by atoms with Crippen molar-refractivity contribution in [2.24, 2.45) is 5.90 Å². The van der Waals surface area contributed by atoms with Gasteiger partial charge in [-0.25, -0.2) is 5.90 Å². The van der Waals surface area contributed by atoms with E-state index in [0.717, 1.165) is 10.9 Å². The van der Waals surface area contributed by atoms with E-state index in [1.54, 1.807) is 0 Å². The van der Waals surface area contributed by atoms with Gasteiger partial charge < -0.3 is 0 Å². The molecule has 1 rings (SSSR count). The normalized spacial score (nSPS) is 11.7. The molecule has 1 aromatic carbocycles. The van der Waals surface area contributed by atoms with Crippen molar-refractivity contribution in [2.45, 2.75) is 25.9 Å². The first-order chi connectivity index (χ1) is 6.03. The topological polar surface area (TPSA) is 35.2 Å². The Morgan fingerprint density at radius 3 is 2.69 bits per heavy atom. The number of nitrogens with two attached hydrogens (primary N) is 1. The molecule has 1 aromatic rings. The predicted octanol–water partition coefficient (Wildman–Crippen LogP) is 2.66. The van der Waals surface area contributed by atoms with Crippen molar-refractivity contribution in [3.05, 3.63) is 34.3 Å². The first-order valence-corrected chi connectivity index (χ1v) is 4.95. The summed E-state index contributed by atoms with van der Waals surface area (Å²) in [5.41, 5.74) is 0.908. The lowest BCUT2D eigenvalue weighted by molar-refractivity contribution is -0.0187. The molecular formula is C10H14BrNO. The van der Waals surface area contributed by atoms with E-state index in [1.165, 1.54) is 5.56 Å². The molecule has 0 aliphatic carbocycles. The summed E-state index contributed by atoms with van der Waals surface area (Å²) >= 11 is 3.42. The van der Waals surface area contributed by atoms with Crippen molar-refractivity contribution >= 4 is 15.9 Å². The van der Waals surface area contributed by atoms with Crippen LogP contribution in [0.4, 0.5) is 0 Å². The van der Waals surface area contributed by atoms with Crippen LogP contribution in [0.25, 0.3) is 0 Å². The molecule has 2 nitrogen and oxygen atoms in total. The second-order valence-corrected chi connectivity index (χ2v) is 4.60. The fourth-order valence-electron chi connectivity index (χ4n) is 1.18. The van der Waals surface area contributed by atoms with E-state index < -0.39 is 0 Å². The monoisotopic (exact) mass is 243 g/mol. The van der Waals surface area contributed by atoms with E-state index >= 15 is 0 Å². The van der Waals surface area contributed by atoms with E-state index in [1.807, 2.05) is 26.0 Å². The molecule has 2 N–H and O–H groups in total. The second-order valence-electron chi connectivity index (χ2n) is 3.68. The predicted molar refractivity (Wildman–Crippen MR) is 57.2 cm³/mol. The first kappa shape index (κ1) is 10.7. The molecule has 0 aliphatic rings. The third-order valence-electron chi connectivity index (χ3n) is 1.84.